The first-order chi connectivity index (χ1) is 9.29. The monoisotopic (exact) mass is 255 g/mol. The van der Waals surface area contributed by atoms with E-state index in [0.717, 1.165) is 11.0 Å². The third-order valence-electron chi connectivity index (χ3n) is 2.88. The van der Waals surface area contributed by atoms with Crippen molar-refractivity contribution in [2.75, 3.05) is 0 Å². The molecule has 3 aromatic rings. The minimum atomic E-state index is 0.330. The van der Waals surface area contributed by atoms with Crippen LogP contribution in [0.1, 0.15) is 0 Å². The number of furan rings is 1. The number of nitrogens with two attached hydrogens (primary N) is 2. The molecule has 2 aromatic heterocycles. The highest BCUT2D eigenvalue weighted by molar-refractivity contribution is 5.85. The number of rotatable bonds is 3. The quantitative estimate of drug-likeness (QED) is 0.321. The molecule has 0 aliphatic heterocycles. The molecule has 0 saturated heterocycles. The maximum atomic E-state index is 5.72. The Morgan fingerprint density at radius 2 is 2.11 bits per heavy atom. The summed E-state index contributed by atoms with van der Waals surface area (Å²) in [6, 6.07) is 11.5. The molecular formula is C13H13N5O. The molecule has 2 heterocycles. The summed E-state index contributed by atoms with van der Waals surface area (Å²) in [5, 5.41) is 3.51. The van der Waals surface area contributed by atoms with Crippen molar-refractivity contribution in [2.24, 2.45) is 16.7 Å². The fourth-order valence-corrected chi connectivity index (χ4v) is 2.03. The van der Waals surface area contributed by atoms with Gasteiger partial charge in [0.05, 0.1) is 23.8 Å². The molecule has 0 aliphatic rings. The van der Waals surface area contributed by atoms with Crippen molar-refractivity contribution in [3.05, 3.63) is 42.7 Å². The first kappa shape index (κ1) is 11.3. The van der Waals surface area contributed by atoms with Crippen LogP contribution in [0.3, 0.4) is 0 Å². The first-order valence-corrected chi connectivity index (χ1v) is 5.81. The summed E-state index contributed by atoms with van der Waals surface area (Å²) < 4.78 is 7.34. The zero-order chi connectivity index (χ0) is 13.2. The Balaban J connectivity index is 2.22. The van der Waals surface area contributed by atoms with E-state index in [4.69, 9.17) is 16.0 Å². The summed E-state index contributed by atoms with van der Waals surface area (Å²) in [5.74, 6) is 6.92. The average Bonchev–Trinajstić information content (AvgIpc) is 3.06. The molecule has 3 rings (SSSR count). The molecular weight excluding hydrogens is 242 g/mol. The molecule has 6 nitrogen and oxygen atoms in total. The number of hydrazone groups is 1. The number of benzene rings is 1. The lowest BCUT2D eigenvalue weighted by atomic mass is 10.3. The van der Waals surface area contributed by atoms with Crippen LogP contribution in [-0.2, 0) is 6.54 Å². The molecule has 0 amide bonds. The molecule has 0 saturated carbocycles. The van der Waals surface area contributed by atoms with Gasteiger partial charge in [-0.3, -0.25) is 0 Å². The van der Waals surface area contributed by atoms with Gasteiger partial charge < -0.3 is 20.6 Å². The van der Waals surface area contributed by atoms with E-state index in [1.807, 2.05) is 41.0 Å². The second-order valence-electron chi connectivity index (χ2n) is 4.11. The van der Waals surface area contributed by atoms with Crippen LogP contribution in [0.4, 0.5) is 0 Å². The smallest absolute Gasteiger partial charge is 0.177 e. The fraction of sp³-hybridized carbons (Fsp3) is 0.0769. The van der Waals surface area contributed by atoms with E-state index in [-0.39, 0.29) is 0 Å². The van der Waals surface area contributed by atoms with Gasteiger partial charge in [0.1, 0.15) is 5.84 Å². The van der Waals surface area contributed by atoms with Crippen LogP contribution in [-0.4, -0.2) is 15.4 Å². The zero-order valence-electron chi connectivity index (χ0n) is 10.2. The Bertz CT molecular complexity index is 727. The van der Waals surface area contributed by atoms with E-state index in [1.54, 1.807) is 6.26 Å². The van der Waals surface area contributed by atoms with E-state index >= 15 is 0 Å². The van der Waals surface area contributed by atoms with Crippen LogP contribution in [0.15, 0.2) is 52.2 Å². The van der Waals surface area contributed by atoms with Crippen molar-refractivity contribution in [1.82, 2.24) is 9.55 Å². The Morgan fingerprint density at radius 3 is 2.84 bits per heavy atom. The van der Waals surface area contributed by atoms with Gasteiger partial charge >= 0.3 is 0 Å². The highest BCUT2D eigenvalue weighted by atomic mass is 16.3. The number of nitrogens with zero attached hydrogens (tertiary/aromatic N) is 3. The lowest BCUT2D eigenvalue weighted by molar-refractivity contribution is 0.573. The predicted molar refractivity (Wildman–Crippen MR) is 73.2 cm³/mol. The van der Waals surface area contributed by atoms with Gasteiger partial charge in [-0.15, -0.1) is 0 Å². The lowest BCUT2D eigenvalue weighted by Crippen LogP contribution is -2.21. The van der Waals surface area contributed by atoms with Crippen LogP contribution in [0.5, 0.6) is 0 Å². The normalized spacial score (nSPS) is 12.1. The topological polar surface area (TPSA) is 95.4 Å². The van der Waals surface area contributed by atoms with E-state index in [0.29, 0.717) is 24.0 Å². The fourth-order valence-electron chi connectivity index (χ4n) is 2.03. The molecule has 0 bridgehead atoms. The van der Waals surface area contributed by atoms with Crippen LogP contribution in [0, 0.1) is 0 Å². The number of amidine groups is 1. The number of aromatic nitrogens is 2. The van der Waals surface area contributed by atoms with Crippen molar-refractivity contribution >= 4 is 16.9 Å². The van der Waals surface area contributed by atoms with Gasteiger partial charge in [-0.05, 0) is 24.3 Å². The number of hydrogen-bond donors (Lipinski definition) is 2. The summed E-state index contributed by atoms with van der Waals surface area (Å²) >= 11 is 0. The molecule has 0 radical (unpaired) electrons. The Hall–Kier alpha value is -2.76. The average molecular weight is 255 g/mol. The summed E-state index contributed by atoms with van der Waals surface area (Å²) in [6.45, 7) is 0.368. The maximum absolute atomic E-state index is 5.72. The number of hydrogen-bond acceptors (Lipinski definition) is 4. The molecule has 0 spiro atoms. The van der Waals surface area contributed by atoms with Crippen LogP contribution in [0.2, 0.25) is 0 Å². The predicted octanol–water partition coefficient (Wildman–Crippen LogP) is 1.53. The van der Waals surface area contributed by atoms with Gasteiger partial charge in [0.2, 0.25) is 0 Å². The van der Waals surface area contributed by atoms with E-state index < -0.39 is 0 Å². The molecule has 0 atom stereocenters. The highest BCUT2D eigenvalue weighted by Gasteiger charge is 2.14. The second kappa shape index (κ2) is 4.49. The van der Waals surface area contributed by atoms with E-state index in [9.17, 15) is 0 Å². The number of para-hydroxylation sites is 2. The van der Waals surface area contributed by atoms with Gasteiger partial charge in [-0.25, -0.2) is 4.98 Å². The van der Waals surface area contributed by atoms with Gasteiger partial charge in [0.15, 0.2) is 11.6 Å². The Labute approximate surface area is 109 Å². The molecule has 0 fully saturated rings. The summed E-state index contributed by atoms with van der Waals surface area (Å²) in [5.41, 5.74) is 7.56. The number of imidazole rings is 1. The third-order valence-corrected chi connectivity index (χ3v) is 2.88. The Kier molecular flexibility index (Phi) is 2.68. The largest absolute Gasteiger partial charge is 0.461 e. The summed E-state index contributed by atoms with van der Waals surface area (Å²) in [7, 11) is 0. The van der Waals surface area contributed by atoms with Crippen molar-refractivity contribution in [3.8, 4) is 11.6 Å². The standard InChI is InChI=1S/C13H13N5O/c14-12(17-15)8-18-10-5-2-1-4-9(10)16-13(18)11-6-3-7-19-11/h1-7H,8,15H2,(H2,14,17). The van der Waals surface area contributed by atoms with Crippen molar-refractivity contribution in [1.29, 1.82) is 0 Å². The van der Waals surface area contributed by atoms with Gasteiger partial charge in [-0.1, -0.05) is 12.1 Å². The van der Waals surface area contributed by atoms with Crippen molar-refractivity contribution in [2.45, 2.75) is 6.54 Å². The first-order valence-electron chi connectivity index (χ1n) is 5.81. The molecule has 4 N–H and O–H groups in total. The maximum Gasteiger partial charge on any atom is 0.177 e. The van der Waals surface area contributed by atoms with Crippen molar-refractivity contribution < 1.29 is 4.42 Å². The van der Waals surface area contributed by atoms with Gasteiger partial charge in [-0.2, -0.15) is 5.10 Å². The van der Waals surface area contributed by atoms with Crippen LogP contribution in [0.25, 0.3) is 22.6 Å². The SMILES string of the molecule is N/N=C(\N)Cn1c(-c2ccco2)nc2ccccc21. The molecule has 6 heteroatoms. The van der Waals surface area contributed by atoms with E-state index in [2.05, 4.69) is 10.1 Å². The summed E-state index contributed by atoms with van der Waals surface area (Å²) in [4.78, 5) is 4.56. The van der Waals surface area contributed by atoms with Crippen molar-refractivity contribution in [3.63, 3.8) is 0 Å². The number of fused-ring (bicyclic) bond motifs is 1. The Morgan fingerprint density at radius 1 is 1.26 bits per heavy atom. The zero-order valence-corrected chi connectivity index (χ0v) is 10.2. The second-order valence-corrected chi connectivity index (χ2v) is 4.11. The third kappa shape index (κ3) is 1.93. The highest BCUT2D eigenvalue weighted by Crippen LogP contribution is 2.24. The van der Waals surface area contributed by atoms with Gasteiger partial charge in [0, 0.05) is 0 Å². The molecule has 96 valence electrons. The summed E-state index contributed by atoms with van der Waals surface area (Å²) in [6.07, 6.45) is 1.61. The minimum absolute atomic E-state index is 0.330. The van der Waals surface area contributed by atoms with Crippen LogP contribution < -0.4 is 11.6 Å². The van der Waals surface area contributed by atoms with E-state index in [1.165, 1.54) is 0 Å². The molecule has 0 unspecified atom stereocenters. The van der Waals surface area contributed by atoms with Crippen LogP contribution >= 0.6 is 0 Å². The molecule has 19 heavy (non-hydrogen) atoms. The lowest BCUT2D eigenvalue weighted by Gasteiger charge is -2.06. The minimum Gasteiger partial charge on any atom is -0.461 e. The molecule has 1 aromatic carbocycles. The molecule has 0 aliphatic carbocycles. The van der Waals surface area contributed by atoms with Gasteiger partial charge in [0.25, 0.3) is 0 Å².